The van der Waals surface area contributed by atoms with Gasteiger partial charge in [-0.15, -0.1) is 0 Å². The second-order valence-corrected chi connectivity index (χ2v) is 6.05. The summed E-state index contributed by atoms with van der Waals surface area (Å²) in [5.41, 5.74) is 0.391. The maximum Gasteiger partial charge on any atom is 0.138 e. The van der Waals surface area contributed by atoms with Crippen LogP contribution in [0.1, 0.15) is 33.5 Å². The van der Waals surface area contributed by atoms with Gasteiger partial charge in [0.25, 0.3) is 0 Å². The van der Waals surface area contributed by atoms with Gasteiger partial charge in [-0.2, -0.15) is 5.10 Å². The van der Waals surface area contributed by atoms with Crippen molar-refractivity contribution in [2.24, 2.45) is 17.3 Å². The van der Waals surface area contributed by atoms with Gasteiger partial charge in [0, 0.05) is 31.5 Å². The van der Waals surface area contributed by atoms with E-state index in [1.165, 1.54) is 0 Å². The van der Waals surface area contributed by atoms with E-state index in [1.54, 1.807) is 6.33 Å². The molecule has 2 rings (SSSR count). The molecule has 1 aliphatic heterocycles. The Morgan fingerprint density at radius 3 is 2.53 bits per heavy atom. The summed E-state index contributed by atoms with van der Waals surface area (Å²) in [6, 6.07) is 0. The third-order valence-electron chi connectivity index (χ3n) is 3.92. The van der Waals surface area contributed by atoms with Gasteiger partial charge in [-0.25, -0.2) is 9.67 Å². The largest absolute Gasteiger partial charge is 0.315 e. The molecule has 4 heteroatoms. The Bertz CT molecular complexity index is 363. The SMILES string of the molecule is CC(C)Cn1ncnc1CC1(C(C)C)CNC1. The van der Waals surface area contributed by atoms with E-state index < -0.39 is 0 Å². The zero-order valence-corrected chi connectivity index (χ0v) is 11.4. The van der Waals surface area contributed by atoms with E-state index in [9.17, 15) is 0 Å². The molecule has 0 atom stereocenters. The van der Waals surface area contributed by atoms with Gasteiger partial charge in [0.1, 0.15) is 12.2 Å². The van der Waals surface area contributed by atoms with Crippen molar-refractivity contribution in [2.45, 2.75) is 40.7 Å². The molecule has 0 aliphatic carbocycles. The number of hydrogen-bond acceptors (Lipinski definition) is 3. The summed E-state index contributed by atoms with van der Waals surface area (Å²) >= 11 is 0. The molecule has 0 saturated carbocycles. The molecule has 1 fully saturated rings. The highest BCUT2D eigenvalue weighted by Crippen LogP contribution is 2.35. The summed E-state index contributed by atoms with van der Waals surface area (Å²) in [6.45, 7) is 12.2. The van der Waals surface area contributed by atoms with Crippen molar-refractivity contribution in [2.75, 3.05) is 13.1 Å². The van der Waals surface area contributed by atoms with Crippen molar-refractivity contribution in [3.05, 3.63) is 12.2 Å². The van der Waals surface area contributed by atoms with Crippen LogP contribution in [0.15, 0.2) is 6.33 Å². The van der Waals surface area contributed by atoms with Crippen LogP contribution in [0.4, 0.5) is 0 Å². The Morgan fingerprint density at radius 2 is 2.06 bits per heavy atom. The molecule has 1 N–H and O–H groups in total. The zero-order chi connectivity index (χ0) is 12.5. The number of nitrogens with zero attached hydrogens (tertiary/aromatic N) is 3. The van der Waals surface area contributed by atoms with Crippen molar-refractivity contribution in [3.63, 3.8) is 0 Å². The fourth-order valence-electron chi connectivity index (χ4n) is 2.42. The van der Waals surface area contributed by atoms with Gasteiger partial charge in [-0.3, -0.25) is 0 Å². The standard InChI is InChI=1S/C13H24N4/c1-10(2)6-17-12(15-9-16-17)5-13(11(3)4)7-14-8-13/h9-11,14H,5-8H2,1-4H3. The van der Waals surface area contributed by atoms with Crippen LogP contribution in [0, 0.1) is 17.3 Å². The Kier molecular flexibility index (Phi) is 3.52. The van der Waals surface area contributed by atoms with Crippen molar-refractivity contribution in [1.82, 2.24) is 20.1 Å². The Morgan fingerprint density at radius 1 is 1.35 bits per heavy atom. The minimum Gasteiger partial charge on any atom is -0.315 e. The van der Waals surface area contributed by atoms with Gasteiger partial charge < -0.3 is 5.32 Å². The molecular weight excluding hydrogens is 212 g/mol. The third kappa shape index (κ3) is 2.51. The first kappa shape index (κ1) is 12.6. The van der Waals surface area contributed by atoms with Crippen LogP contribution in [0.5, 0.6) is 0 Å². The predicted molar refractivity (Wildman–Crippen MR) is 68.7 cm³/mol. The monoisotopic (exact) mass is 236 g/mol. The summed E-state index contributed by atoms with van der Waals surface area (Å²) in [4.78, 5) is 4.44. The van der Waals surface area contributed by atoms with E-state index in [0.717, 1.165) is 31.9 Å². The lowest BCUT2D eigenvalue weighted by Crippen LogP contribution is -2.58. The quantitative estimate of drug-likeness (QED) is 0.846. The van der Waals surface area contributed by atoms with E-state index >= 15 is 0 Å². The van der Waals surface area contributed by atoms with Gasteiger partial charge in [-0.05, 0) is 11.8 Å². The molecule has 1 saturated heterocycles. The van der Waals surface area contributed by atoms with Gasteiger partial charge in [-0.1, -0.05) is 27.7 Å². The Balaban J connectivity index is 2.10. The first-order valence-corrected chi connectivity index (χ1v) is 6.61. The van der Waals surface area contributed by atoms with Crippen LogP contribution in [-0.2, 0) is 13.0 Å². The average molecular weight is 236 g/mol. The molecule has 1 aliphatic rings. The highest BCUT2D eigenvalue weighted by Gasteiger charge is 2.41. The van der Waals surface area contributed by atoms with Crippen molar-refractivity contribution < 1.29 is 0 Å². The first-order chi connectivity index (χ1) is 8.03. The summed E-state index contributed by atoms with van der Waals surface area (Å²) < 4.78 is 2.08. The molecule has 1 aromatic rings. The molecule has 0 unspecified atom stereocenters. The molecule has 0 aromatic carbocycles. The van der Waals surface area contributed by atoms with Crippen molar-refractivity contribution in [1.29, 1.82) is 0 Å². The Labute approximate surface area is 104 Å². The molecule has 96 valence electrons. The van der Waals surface area contributed by atoms with Crippen LogP contribution in [0.2, 0.25) is 0 Å². The molecule has 4 nitrogen and oxygen atoms in total. The summed E-state index contributed by atoms with van der Waals surface area (Å²) in [7, 11) is 0. The van der Waals surface area contributed by atoms with E-state index in [1.807, 2.05) is 0 Å². The molecule has 0 spiro atoms. The lowest BCUT2D eigenvalue weighted by molar-refractivity contribution is 0.0947. The van der Waals surface area contributed by atoms with Crippen molar-refractivity contribution in [3.8, 4) is 0 Å². The van der Waals surface area contributed by atoms with Gasteiger partial charge in [0.15, 0.2) is 0 Å². The van der Waals surface area contributed by atoms with Crippen LogP contribution in [0.3, 0.4) is 0 Å². The number of nitrogens with one attached hydrogen (secondary N) is 1. The first-order valence-electron chi connectivity index (χ1n) is 6.61. The van der Waals surface area contributed by atoms with Crippen LogP contribution in [0.25, 0.3) is 0 Å². The van der Waals surface area contributed by atoms with E-state index in [0.29, 0.717) is 17.3 Å². The van der Waals surface area contributed by atoms with Gasteiger partial charge in [0.2, 0.25) is 0 Å². The molecule has 0 amide bonds. The van der Waals surface area contributed by atoms with Gasteiger partial charge in [0.05, 0.1) is 0 Å². The highest BCUT2D eigenvalue weighted by molar-refractivity contribution is 5.02. The minimum atomic E-state index is 0.391. The number of aromatic nitrogens is 3. The molecule has 17 heavy (non-hydrogen) atoms. The average Bonchev–Trinajstić information content (AvgIpc) is 2.57. The summed E-state index contributed by atoms with van der Waals surface area (Å²) in [5.74, 6) is 2.45. The maximum absolute atomic E-state index is 4.44. The molecular formula is C13H24N4. The molecule has 0 radical (unpaired) electrons. The normalized spacial score (nSPS) is 18.7. The van der Waals surface area contributed by atoms with Crippen LogP contribution in [-0.4, -0.2) is 27.9 Å². The van der Waals surface area contributed by atoms with E-state index in [-0.39, 0.29) is 0 Å². The fourth-order valence-corrected chi connectivity index (χ4v) is 2.42. The zero-order valence-electron chi connectivity index (χ0n) is 11.4. The molecule has 2 heterocycles. The minimum absolute atomic E-state index is 0.391. The Hall–Kier alpha value is -0.900. The summed E-state index contributed by atoms with van der Waals surface area (Å²) in [5, 5.41) is 7.74. The van der Waals surface area contributed by atoms with Gasteiger partial charge >= 0.3 is 0 Å². The van der Waals surface area contributed by atoms with Crippen LogP contribution >= 0.6 is 0 Å². The fraction of sp³-hybridized carbons (Fsp3) is 0.846. The maximum atomic E-state index is 4.44. The third-order valence-corrected chi connectivity index (χ3v) is 3.92. The lowest BCUT2D eigenvalue weighted by atomic mass is 9.69. The number of rotatable bonds is 5. The smallest absolute Gasteiger partial charge is 0.138 e. The topological polar surface area (TPSA) is 42.7 Å². The van der Waals surface area contributed by atoms with Crippen molar-refractivity contribution >= 4 is 0 Å². The molecule has 1 aromatic heterocycles. The predicted octanol–water partition coefficient (Wildman–Crippen LogP) is 1.72. The lowest BCUT2D eigenvalue weighted by Gasteiger charge is -2.46. The number of hydrogen-bond donors (Lipinski definition) is 1. The van der Waals surface area contributed by atoms with E-state index in [4.69, 9.17) is 0 Å². The highest BCUT2D eigenvalue weighted by atomic mass is 15.3. The summed E-state index contributed by atoms with van der Waals surface area (Å²) in [6.07, 6.45) is 2.74. The second kappa shape index (κ2) is 4.77. The van der Waals surface area contributed by atoms with E-state index in [2.05, 4.69) is 47.8 Å². The second-order valence-electron chi connectivity index (χ2n) is 6.05. The molecule has 0 bridgehead atoms. The van der Waals surface area contributed by atoms with Crippen LogP contribution < -0.4 is 5.32 Å².